The first-order chi connectivity index (χ1) is 13.9. The smallest absolute Gasteiger partial charge is 0.278 e. The molecule has 150 valence electrons. The SMILES string of the molecule is C=CCNS(=O)(=O)Cc1ccc(NC(=O)Cn2nnc3ccccc3c2=O)cc1. The van der Waals surface area contributed by atoms with E-state index in [2.05, 4.69) is 26.9 Å². The highest BCUT2D eigenvalue weighted by molar-refractivity contribution is 7.88. The average Bonchev–Trinajstić information content (AvgIpc) is 2.70. The Labute approximate surface area is 167 Å². The maximum absolute atomic E-state index is 12.4. The summed E-state index contributed by atoms with van der Waals surface area (Å²) in [4.78, 5) is 24.6. The summed E-state index contributed by atoms with van der Waals surface area (Å²) in [7, 11) is -3.46. The normalized spacial score (nSPS) is 11.3. The lowest BCUT2D eigenvalue weighted by molar-refractivity contribution is -0.117. The van der Waals surface area contributed by atoms with Crippen LogP contribution in [0.1, 0.15) is 5.56 Å². The third kappa shape index (κ3) is 5.33. The molecule has 0 saturated carbocycles. The summed E-state index contributed by atoms with van der Waals surface area (Å²) >= 11 is 0. The highest BCUT2D eigenvalue weighted by atomic mass is 32.2. The second kappa shape index (κ2) is 8.76. The van der Waals surface area contributed by atoms with Crippen molar-refractivity contribution in [2.75, 3.05) is 11.9 Å². The Morgan fingerprint density at radius 3 is 2.59 bits per heavy atom. The topological polar surface area (TPSA) is 123 Å². The van der Waals surface area contributed by atoms with Crippen LogP contribution in [0.2, 0.25) is 0 Å². The third-order valence-corrected chi connectivity index (χ3v) is 5.28. The van der Waals surface area contributed by atoms with Gasteiger partial charge in [0, 0.05) is 12.2 Å². The number of nitrogens with one attached hydrogen (secondary N) is 2. The molecule has 29 heavy (non-hydrogen) atoms. The lowest BCUT2D eigenvalue weighted by atomic mass is 10.2. The van der Waals surface area contributed by atoms with Gasteiger partial charge in [0.1, 0.15) is 12.1 Å². The van der Waals surface area contributed by atoms with Crippen LogP contribution >= 0.6 is 0 Å². The number of sulfonamides is 1. The van der Waals surface area contributed by atoms with E-state index in [-0.39, 0.29) is 18.8 Å². The van der Waals surface area contributed by atoms with Gasteiger partial charge in [0.2, 0.25) is 15.9 Å². The van der Waals surface area contributed by atoms with Crippen LogP contribution in [0.25, 0.3) is 10.9 Å². The fourth-order valence-corrected chi connectivity index (χ4v) is 3.71. The zero-order valence-electron chi connectivity index (χ0n) is 15.4. The van der Waals surface area contributed by atoms with Crippen molar-refractivity contribution in [1.29, 1.82) is 0 Å². The van der Waals surface area contributed by atoms with Gasteiger partial charge in [0.05, 0.1) is 11.1 Å². The van der Waals surface area contributed by atoms with Crippen LogP contribution in [0.4, 0.5) is 5.69 Å². The number of nitrogens with zero attached hydrogens (tertiary/aromatic N) is 3. The van der Waals surface area contributed by atoms with Crippen molar-refractivity contribution < 1.29 is 13.2 Å². The van der Waals surface area contributed by atoms with Crippen molar-refractivity contribution >= 4 is 32.5 Å². The van der Waals surface area contributed by atoms with Gasteiger partial charge in [-0.05, 0) is 29.8 Å². The summed E-state index contributed by atoms with van der Waals surface area (Å²) in [5.74, 6) is -0.637. The van der Waals surface area contributed by atoms with Gasteiger partial charge in [0.15, 0.2) is 0 Å². The van der Waals surface area contributed by atoms with Gasteiger partial charge in [-0.1, -0.05) is 35.6 Å². The van der Waals surface area contributed by atoms with E-state index >= 15 is 0 Å². The molecule has 0 fully saturated rings. The molecule has 1 amide bonds. The van der Waals surface area contributed by atoms with E-state index in [9.17, 15) is 18.0 Å². The molecule has 1 aromatic heterocycles. The van der Waals surface area contributed by atoms with Crippen LogP contribution in [-0.2, 0) is 27.1 Å². The molecule has 0 aliphatic heterocycles. The fraction of sp³-hybridized carbons (Fsp3) is 0.158. The monoisotopic (exact) mass is 413 g/mol. The predicted octanol–water partition coefficient (Wildman–Crippen LogP) is 1.04. The Morgan fingerprint density at radius 2 is 1.86 bits per heavy atom. The maximum atomic E-state index is 12.4. The number of aromatic nitrogens is 3. The molecule has 10 heteroatoms. The molecule has 0 aliphatic rings. The number of rotatable bonds is 8. The minimum absolute atomic E-state index is 0.160. The number of hydrogen-bond donors (Lipinski definition) is 2. The number of fused-ring (bicyclic) bond motifs is 1. The number of benzene rings is 2. The number of amides is 1. The van der Waals surface area contributed by atoms with Gasteiger partial charge in [-0.2, -0.15) is 0 Å². The molecule has 0 atom stereocenters. The van der Waals surface area contributed by atoms with Gasteiger partial charge in [-0.15, -0.1) is 11.7 Å². The van der Waals surface area contributed by atoms with Gasteiger partial charge in [0.25, 0.3) is 5.56 Å². The lowest BCUT2D eigenvalue weighted by Crippen LogP contribution is -2.30. The summed E-state index contributed by atoms with van der Waals surface area (Å²) in [6.07, 6.45) is 1.46. The summed E-state index contributed by atoms with van der Waals surface area (Å²) < 4.78 is 27.1. The predicted molar refractivity (Wildman–Crippen MR) is 110 cm³/mol. The van der Waals surface area contributed by atoms with E-state index in [1.165, 1.54) is 6.08 Å². The van der Waals surface area contributed by atoms with Crippen LogP contribution in [0.5, 0.6) is 0 Å². The van der Waals surface area contributed by atoms with E-state index in [0.29, 0.717) is 22.2 Å². The number of hydrogen-bond acceptors (Lipinski definition) is 6. The van der Waals surface area contributed by atoms with Crippen molar-refractivity contribution in [3.05, 3.63) is 77.1 Å². The van der Waals surface area contributed by atoms with Crippen LogP contribution in [0.15, 0.2) is 66.0 Å². The number of carbonyl (C=O) groups is 1. The van der Waals surface area contributed by atoms with Crippen molar-refractivity contribution in [3.63, 3.8) is 0 Å². The second-order valence-corrected chi connectivity index (χ2v) is 8.02. The molecule has 3 rings (SSSR count). The molecule has 0 saturated heterocycles. The van der Waals surface area contributed by atoms with Crippen molar-refractivity contribution in [1.82, 2.24) is 19.7 Å². The molecule has 0 aliphatic carbocycles. The highest BCUT2D eigenvalue weighted by Gasteiger charge is 2.12. The Balaban J connectivity index is 1.65. The van der Waals surface area contributed by atoms with E-state index in [4.69, 9.17) is 0 Å². The van der Waals surface area contributed by atoms with Crippen LogP contribution in [0.3, 0.4) is 0 Å². The standard InChI is InChI=1S/C19H19N5O4S/c1-2-11-20-29(27,28)13-14-7-9-15(10-8-14)21-18(25)12-24-19(26)16-5-3-4-6-17(16)22-23-24/h2-10,20H,1,11-13H2,(H,21,25). The van der Waals surface area contributed by atoms with Gasteiger partial charge in [-0.25, -0.2) is 17.8 Å². The second-order valence-electron chi connectivity index (χ2n) is 6.21. The summed E-state index contributed by atoms with van der Waals surface area (Å²) in [6, 6.07) is 13.1. The van der Waals surface area contributed by atoms with E-state index in [1.807, 2.05) is 0 Å². The molecule has 0 radical (unpaired) electrons. The van der Waals surface area contributed by atoms with Crippen molar-refractivity contribution in [3.8, 4) is 0 Å². The minimum atomic E-state index is -3.46. The minimum Gasteiger partial charge on any atom is -0.324 e. The first kappa shape index (κ1) is 20.4. The van der Waals surface area contributed by atoms with E-state index in [1.54, 1.807) is 48.5 Å². The maximum Gasteiger partial charge on any atom is 0.278 e. The van der Waals surface area contributed by atoms with Crippen LogP contribution in [0, 0.1) is 0 Å². The molecular weight excluding hydrogens is 394 g/mol. The Bertz CT molecular complexity index is 1200. The van der Waals surface area contributed by atoms with Gasteiger partial charge in [-0.3, -0.25) is 9.59 Å². The zero-order valence-corrected chi connectivity index (χ0v) is 16.2. The molecule has 2 N–H and O–H groups in total. The molecule has 2 aromatic carbocycles. The fourth-order valence-electron chi connectivity index (χ4n) is 2.60. The first-order valence-electron chi connectivity index (χ1n) is 8.67. The molecular formula is C19H19N5O4S. The molecule has 0 spiro atoms. The molecule has 9 nitrogen and oxygen atoms in total. The average molecular weight is 413 g/mol. The number of carbonyl (C=O) groups excluding carboxylic acids is 1. The largest absolute Gasteiger partial charge is 0.324 e. The summed E-state index contributed by atoms with van der Waals surface area (Å²) in [5, 5.41) is 10.7. The summed E-state index contributed by atoms with van der Waals surface area (Å²) in [6.45, 7) is 3.33. The van der Waals surface area contributed by atoms with Gasteiger partial charge >= 0.3 is 0 Å². The van der Waals surface area contributed by atoms with Crippen LogP contribution in [-0.4, -0.2) is 35.9 Å². The Kier molecular flexibility index (Phi) is 6.15. The third-order valence-electron chi connectivity index (χ3n) is 3.96. The molecule has 1 heterocycles. The first-order valence-corrected chi connectivity index (χ1v) is 10.3. The van der Waals surface area contributed by atoms with Gasteiger partial charge < -0.3 is 5.32 Å². The molecule has 0 bridgehead atoms. The Morgan fingerprint density at radius 1 is 1.14 bits per heavy atom. The highest BCUT2D eigenvalue weighted by Crippen LogP contribution is 2.12. The van der Waals surface area contributed by atoms with E-state index in [0.717, 1.165) is 4.68 Å². The molecule has 0 unspecified atom stereocenters. The van der Waals surface area contributed by atoms with Crippen molar-refractivity contribution in [2.45, 2.75) is 12.3 Å². The quantitative estimate of drug-likeness (QED) is 0.532. The van der Waals surface area contributed by atoms with Crippen LogP contribution < -0.4 is 15.6 Å². The molecule has 3 aromatic rings. The Hall–Kier alpha value is -3.37. The lowest BCUT2D eigenvalue weighted by Gasteiger charge is -2.08. The number of anilines is 1. The van der Waals surface area contributed by atoms with Crippen molar-refractivity contribution in [2.24, 2.45) is 0 Å². The van der Waals surface area contributed by atoms with E-state index < -0.39 is 21.5 Å². The summed E-state index contributed by atoms with van der Waals surface area (Å²) in [5.41, 5.74) is 1.09. The zero-order chi connectivity index (χ0) is 20.9.